The van der Waals surface area contributed by atoms with Crippen molar-refractivity contribution in [2.75, 3.05) is 10.6 Å². The van der Waals surface area contributed by atoms with Crippen molar-refractivity contribution in [3.05, 3.63) is 182 Å². The van der Waals surface area contributed by atoms with Crippen LogP contribution in [0.2, 0.25) is 10.0 Å². The summed E-state index contributed by atoms with van der Waals surface area (Å²) in [6, 6.07) is 38.8. The molecule has 12 heteroatoms. The molecule has 9 nitrogen and oxygen atoms in total. The first-order valence-electron chi connectivity index (χ1n) is 16.4. The van der Waals surface area contributed by atoms with E-state index in [1.807, 2.05) is 66.7 Å². The fourth-order valence-electron chi connectivity index (χ4n) is 5.50. The summed E-state index contributed by atoms with van der Waals surface area (Å²) in [5.41, 5.74) is 3.01. The van der Waals surface area contributed by atoms with Crippen LogP contribution in [0.4, 0.5) is 11.4 Å². The average molecular weight is 763 g/mol. The number of aromatic nitrogens is 2. The fourth-order valence-corrected chi connectivity index (χ4v) is 7.05. The summed E-state index contributed by atoms with van der Waals surface area (Å²) in [5.74, 6) is -1.48. The molecule has 0 radical (unpaired) electrons. The van der Waals surface area contributed by atoms with E-state index in [0.29, 0.717) is 43.1 Å². The Morgan fingerprint density at radius 2 is 1.43 bits per heavy atom. The molecule has 6 rings (SSSR count). The van der Waals surface area contributed by atoms with E-state index in [-0.39, 0.29) is 16.9 Å². The van der Waals surface area contributed by atoms with E-state index in [1.165, 1.54) is 22.5 Å². The largest absolute Gasteiger partial charge is 0.321 e. The van der Waals surface area contributed by atoms with E-state index < -0.39 is 23.0 Å². The smallest absolute Gasteiger partial charge is 0.295 e. The highest BCUT2D eigenvalue weighted by Crippen LogP contribution is 2.37. The van der Waals surface area contributed by atoms with Crippen LogP contribution in [0.1, 0.15) is 32.4 Å². The predicted molar refractivity (Wildman–Crippen MR) is 213 cm³/mol. The standard InChI is InChI=1S/C41H33Cl2N5O4S/c1-26-36(41(52)48(47(26)2)32-18-10-5-11-19-32)46-40(51)37(27-13-6-3-7-14-27)53-33-20-12-17-31(25-33)44-39(50)35(23-29-21-22-30(42)24-34(29)43)45-38(49)28-15-8-4-9-16-28/h3-25,37H,1-2H3,(H,44,50)(H,45,49)(H,46,51)/b35-23+. The lowest BCUT2D eigenvalue weighted by Crippen LogP contribution is -2.30. The van der Waals surface area contributed by atoms with Gasteiger partial charge in [0.25, 0.3) is 17.4 Å². The molecule has 53 heavy (non-hydrogen) atoms. The molecule has 0 fully saturated rings. The second-order valence-corrected chi connectivity index (χ2v) is 13.9. The van der Waals surface area contributed by atoms with Crippen LogP contribution in [0, 0.1) is 6.92 Å². The molecule has 3 amide bonds. The van der Waals surface area contributed by atoms with Crippen LogP contribution in [0.5, 0.6) is 0 Å². The maximum absolute atomic E-state index is 14.0. The van der Waals surface area contributed by atoms with Gasteiger partial charge in [-0.3, -0.25) is 23.9 Å². The molecule has 0 bridgehead atoms. The van der Waals surface area contributed by atoms with Gasteiger partial charge in [-0.2, -0.15) is 0 Å². The Labute approximate surface area is 320 Å². The van der Waals surface area contributed by atoms with Gasteiger partial charge in [0.1, 0.15) is 16.6 Å². The number of rotatable bonds is 11. The minimum atomic E-state index is -0.765. The van der Waals surface area contributed by atoms with Crippen LogP contribution in [-0.2, 0) is 16.6 Å². The SMILES string of the molecule is Cc1c(NC(=O)C(Sc2cccc(NC(=O)/C(=C\c3ccc(Cl)cc3Cl)NC(=O)c3ccccc3)c2)c2ccccc2)c(=O)n(-c2ccccc2)n1C. The Morgan fingerprint density at radius 1 is 0.774 bits per heavy atom. The normalized spacial score (nSPS) is 11.8. The first-order chi connectivity index (χ1) is 25.6. The summed E-state index contributed by atoms with van der Waals surface area (Å²) in [6.07, 6.45) is 1.47. The zero-order valence-corrected chi connectivity index (χ0v) is 30.9. The van der Waals surface area contributed by atoms with Crippen molar-refractivity contribution in [1.29, 1.82) is 0 Å². The molecule has 0 spiro atoms. The molecule has 0 aliphatic rings. The summed E-state index contributed by atoms with van der Waals surface area (Å²) in [7, 11) is 1.76. The van der Waals surface area contributed by atoms with Crippen LogP contribution in [0.3, 0.4) is 0 Å². The molecule has 0 aliphatic carbocycles. The van der Waals surface area contributed by atoms with Gasteiger partial charge in [0.2, 0.25) is 5.91 Å². The molecule has 1 heterocycles. The Morgan fingerprint density at radius 3 is 2.11 bits per heavy atom. The number of carbonyl (C=O) groups is 3. The van der Waals surface area contributed by atoms with Gasteiger partial charge >= 0.3 is 0 Å². The van der Waals surface area contributed by atoms with Gasteiger partial charge in [-0.25, -0.2) is 4.68 Å². The molecule has 1 atom stereocenters. The second kappa shape index (κ2) is 16.7. The summed E-state index contributed by atoms with van der Waals surface area (Å²) in [6.45, 7) is 1.78. The number of benzene rings is 5. The Bertz CT molecular complexity index is 2380. The van der Waals surface area contributed by atoms with Crippen molar-refractivity contribution < 1.29 is 14.4 Å². The van der Waals surface area contributed by atoms with E-state index in [9.17, 15) is 19.2 Å². The van der Waals surface area contributed by atoms with Crippen molar-refractivity contribution in [3.63, 3.8) is 0 Å². The number of anilines is 2. The topological polar surface area (TPSA) is 114 Å². The second-order valence-electron chi connectivity index (χ2n) is 11.9. The summed E-state index contributed by atoms with van der Waals surface area (Å²) in [5, 5.41) is 8.42. The molecule has 5 aromatic carbocycles. The highest BCUT2D eigenvalue weighted by atomic mass is 35.5. The van der Waals surface area contributed by atoms with Gasteiger partial charge in [0.05, 0.1) is 11.4 Å². The van der Waals surface area contributed by atoms with Crippen molar-refractivity contribution in [1.82, 2.24) is 14.7 Å². The molecule has 0 saturated carbocycles. The minimum Gasteiger partial charge on any atom is -0.321 e. The summed E-state index contributed by atoms with van der Waals surface area (Å²) in [4.78, 5) is 55.2. The van der Waals surface area contributed by atoms with Crippen molar-refractivity contribution in [2.45, 2.75) is 17.1 Å². The third kappa shape index (κ3) is 8.81. The maximum Gasteiger partial charge on any atom is 0.295 e. The van der Waals surface area contributed by atoms with Crippen LogP contribution in [0.15, 0.2) is 149 Å². The van der Waals surface area contributed by atoms with Crippen molar-refractivity contribution >= 4 is 70.1 Å². The van der Waals surface area contributed by atoms with Gasteiger partial charge in [-0.1, -0.05) is 102 Å². The number of amides is 3. The van der Waals surface area contributed by atoms with Gasteiger partial charge in [-0.15, -0.1) is 11.8 Å². The molecular weight excluding hydrogens is 729 g/mol. The van der Waals surface area contributed by atoms with Gasteiger partial charge in [0.15, 0.2) is 0 Å². The van der Waals surface area contributed by atoms with Crippen LogP contribution in [0.25, 0.3) is 11.8 Å². The number of nitrogens with one attached hydrogen (secondary N) is 3. The van der Waals surface area contributed by atoms with Gasteiger partial charge in [0, 0.05) is 33.2 Å². The zero-order valence-electron chi connectivity index (χ0n) is 28.5. The molecule has 3 N–H and O–H groups in total. The van der Waals surface area contributed by atoms with E-state index >= 15 is 0 Å². The van der Waals surface area contributed by atoms with E-state index in [4.69, 9.17) is 23.2 Å². The molecule has 0 aliphatic heterocycles. The van der Waals surface area contributed by atoms with Crippen molar-refractivity contribution in [2.24, 2.45) is 7.05 Å². The lowest BCUT2D eigenvalue weighted by molar-refractivity contribution is -0.116. The monoisotopic (exact) mass is 761 g/mol. The van der Waals surface area contributed by atoms with Crippen LogP contribution < -0.4 is 21.5 Å². The number of thioether (sulfide) groups is 1. The number of nitrogens with zero attached hydrogens (tertiary/aromatic N) is 2. The highest BCUT2D eigenvalue weighted by Gasteiger charge is 2.26. The molecule has 1 unspecified atom stereocenters. The first kappa shape index (κ1) is 37.0. The van der Waals surface area contributed by atoms with E-state index in [2.05, 4.69) is 16.0 Å². The number of para-hydroxylation sites is 1. The lowest BCUT2D eigenvalue weighted by Gasteiger charge is -2.17. The lowest BCUT2D eigenvalue weighted by atomic mass is 10.1. The Kier molecular flexibility index (Phi) is 11.6. The number of hydrogen-bond donors (Lipinski definition) is 3. The van der Waals surface area contributed by atoms with Crippen LogP contribution >= 0.6 is 35.0 Å². The van der Waals surface area contributed by atoms with Crippen molar-refractivity contribution in [3.8, 4) is 5.69 Å². The minimum absolute atomic E-state index is 0.0536. The third-order valence-corrected chi connectivity index (χ3v) is 10.1. The Balaban J connectivity index is 1.26. The Hall–Kier alpha value is -5.81. The third-order valence-electron chi connectivity index (χ3n) is 8.28. The average Bonchev–Trinajstić information content (AvgIpc) is 3.38. The molecule has 266 valence electrons. The molecule has 1 aromatic heterocycles. The van der Waals surface area contributed by atoms with E-state index in [0.717, 1.165) is 5.56 Å². The molecular formula is C41H33Cl2N5O4S. The van der Waals surface area contributed by atoms with Crippen LogP contribution in [-0.4, -0.2) is 27.1 Å². The molecule has 0 saturated heterocycles. The number of carbonyl (C=O) groups excluding carboxylic acids is 3. The predicted octanol–water partition coefficient (Wildman–Crippen LogP) is 8.67. The first-order valence-corrected chi connectivity index (χ1v) is 18.0. The fraction of sp³-hybridized carbons (Fsp3) is 0.0732. The number of hydrogen-bond acceptors (Lipinski definition) is 5. The highest BCUT2D eigenvalue weighted by molar-refractivity contribution is 8.00. The van der Waals surface area contributed by atoms with E-state index in [1.54, 1.807) is 85.4 Å². The summed E-state index contributed by atoms with van der Waals surface area (Å²) >= 11 is 13.8. The zero-order chi connectivity index (χ0) is 37.5. The maximum atomic E-state index is 14.0. The van der Waals surface area contributed by atoms with Gasteiger partial charge in [-0.05, 0) is 78.7 Å². The number of halogens is 2. The van der Waals surface area contributed by atoms with Gasteiger partial charge < -0.3 is 16.0 Å². The summed E-state index contributed by atoms with van der Waals surface area (Å²) < 4.78 is 3.21. The molecule has 6 aromatic rings. The quantitative estimate of drug-likeness (QED) is 0.0904.